The second kappa shape index (κ2) is 5.06. The fourth-order valence-electron chi connectivity index (χ4n) is 2.49. The highest BCUT2D eigenvalue weighted by Gasteiger charge is 2.41. The van der Waals surface area contributed by atoms with Gasteiger partial charge >= 0.3 is 0 Å². The van der Waals surface area contributed by atoms with Crippen LogP contribution in [0, 0.1) is 5.92 Å². The Balaban J connectivity index is 2.33. The molecule has 4 heteroatoms. The first-order chi connectivity index (χ1) is 8.62. The third kappa shape index (κ3) is 2.25. The van der Waals surface area contributed by atoms with E-state index in [1.807, 2.05) is 12.1 Å². The van der Waals surface area contributed by atoms with E-state index in [0.717, 1.165) is 6.42 Å². The molecule has 1 aromatic carbocycles. The van der Waals surface area contributed by atoms with E-state index in [1.54, 1.807) is 21.3 Å². The monoisotopic (exact) mass is 251 g/mol. The van der Waals surface area contributed by atoms with Crippen LogP contribution in [-0.2, 0) is 0 Å². The summed E-state index contributed by atoms with van der Waals surface area (Å²) in [6, 6.07) is 4.28. The van der Waals surface area contributed by atoms with Crippen molar-refractivity contribution in [3.63, 3.8) is 0 Å². The lowest BCUT2D eigenvalue weighted by atomic mass is 10.1. The number of rotatable bonds is 5. The van der Waals surface area contributed by atoms with Crippen LogP contribution >= 0.6 is 0 Å². The SMILES string of the molecule is COc1cc(C2CC2C(C)N)cc(OC)c1OC. The second-order valence-electron chi connectivity index (χ2n) is 4.82. The van der Waals surface area contributed by atoms with Crippen molar-refractivity contribution in [2.24, 2.45) is 11.7 Å². The summed E-state index contributed by atoms with van der Waals surface area (Å²) < 4.78 is 16.0. The van der Waals surface area contributed by atoms with Gasteiger partial charge in [0.1, 0.15) is 0 Å². The lowest BCUT2D eigenvalue weighted by Crippen LogP contribution is -2.17. The van der Waals surface area contributed by atoms with Crippen molar-refractivity contribution >= 4 is 0 Å². The Morgan fingerprint density at radius 1 is 1.11 bits per heavy atom. The lowest BCUT2D eigenvalue weighted by Gasteiger charge is -2.14. The Kier molecular flexibility index (Phi) is 3.66. The molecule has 1 fully saturated rings. The number of methoxy groups -OCH3 is 3. The highest BCUT2D eigenvalue weighted by atomic mass is 16.5. The molecule has 0 amide bonds. The Bertz CT molecular complexity index is 406. The van der Waals surface area contributed by atoms with Crippen molar-refractivity contribution in [3.05, 3.63) is 17.7 Å². The standard InChI is InChI=1S/C14H21NO3/c1-8(15)10-7-11(10)9-5-12(16-2)14(18-4)13(6-9)17-3/h5-6,8,10-11H,7,15H2,1-4H3. The number of benzene rings is 1. The van der Waals surface area contributed by atoms with Crippen LogP contribution in [0.2, 0.25) is 0 Å². The molecule has 100 valence electrons. The fourth-order valence-corrected chi connectivity index (χ4v) is 2.49. The maximum absolute atomic E-state index is 5.94. The molecule has 1 aromatic rings. The number of nitrogens with two attached hydrogens (primary N) is 1. The zero-order valence-electron chi connectivity index (χ0n) is 11.4. The van der Waals surface area contributed by atoms with Gasteiger partial charge < -0.3 is 19.9 Å². The maximum Gasteiger partial charge on any atom is 0.203 e. The largest absolute Gasteiger partial charge is 0.493 e. The van der Waals surface area contributed by atoms with E-state index in [4.69, 9.17) is 19.9 Å². The lowest BCUT2D eigenvalue weighted by molar-refractivity contribution is 0.323. The molecule has 4 nitrogen and oxygen atoms in total. The number of hydrogen-bond donors (Lipinski definition) is 1. The summed E-state index contributed by atoms with van der Waals surface area (Å²) in [6.07, 6.45) is 1.14. The van der Waals surface area contributed by atoms with Gasteiger partial charge in [0, 0.05) is 6.04 Å². The maximum atomic E-state index is 5.94. The van der Waals surface area contributed by atoms with Crippen molar-refractivity contribution in [1.29, 1.82) is 0 Å². The molecule has 1 aliphatic carbocycles. The van der Waals surface area contributed by atoms with Gasteiger partial charge in [-0.15, -0.1) is 0 Å². The minimum absolute atomic E-state index is 0.231. The number of hydrogen-bond acceptors (Lipinski definition) is 4. The van der Waals surface area contributed by atoms with Gasteiger partial charge in [-0.2, -0.15) is 0 Å². The average molecular weight is 251 g/mol. The van der Waals surface area contributed by atoms with Gasteiger partial charge in [0.25, 0.3) is 0 Å². The Hall–Kier alpha value is -1.42. The summed E-state index contributed by atoms with van der Waals surface area (Å²) in [5.74, 6) is 3.14. The van der Waals surface area contributed by atoms with E-state index in [0.29, 0.717) is 29.1 Å². The van der Waals surface area contributed by atoms with Crippen molar-refractivity contribution < 1.29 is 14.2 Å². The zero-order valence-corrected chi connectivity index (χ0v) is 11.4. The van der Waals surface area contributed by atoms with Crippen molar-refractivity contribution in [2.75, 3.05) is 21.3 Å². The fraction of sp³-hybridized carbons (Fsp3) is 0.571. The van der Waals surface area contributed by atoms with Crippen LogP contribution in [0.4, 0.5) is 0 Å². The van der Waals surface area contributed by atoms with Crippen LogP contribution in [-0.4, -0.2) is 27.4 Å². The molecule has 0 heterocycles. The first-order valence-corrected chi connectivity index (χ1v) is 6.17. The molecule has 0 aromatic heterocycles. The molecule has 1 aliphatic rings. The molecular weight excluding hydrogens is 230 g/mol. The summed E-state index contributed by atoms with van der Waals surface area (Å²) in [6.45, 7) is 2.06. The third-order valence-electron chi connectivity index (χ3n) is 3.63. The molecule has 0 saturated heterocycles. The predicted octanol–water partition coefficient (Wildman–Crippen LogP) is 2.16. The average Bonchev–Trinajstić information content (AvgIpc) is 3.17. The van der Waals surface area contributed by atoms with Crippen LogP contribution < -0.4 is 19.9 Å². The minimum Gasteiger partial charge on any atom is -0.493 e. The first-order valence-electron chi connectivity index (χ1n) is 6.17. The second-order valence-corrected chi connectivity index (χ2v) is 4.82. The summed E-state index contributed by atoms with van der Waals surface area (Å²) in [4.78, 5) is 0. The minimum atomic E-state index is 0.231. The Labute approximate surface area is 108 Å². The van der Waals surface area contributed by atoms with Crippen molar-refractivity contribution in [1.82, 2.24) is 0 Å². The normalized spacial score (nSPS) is 23.4. The molecule has 0 bridgehead atoms. The van der Waals surface area contributed by atoms with E-state index in [2.05, 4.69) is 6.92 Å². The smallest absolute Gasteiger partial charge is 0.203 e. The summed E-state index contributed by atoms with van der Waals surface area (Å²) in [7, 11) is 4.88. The molecule has 18 heavy (non-hydrogen) atoms. The molecule has 0 aliphatic heterocycles. The van der Waals surface area contributed by atoms with Gasteiger partial charge in [-0.1, -0.05) is 0 Å². The van der Waals surface area contributed by atoms with Gasteiger partial charge in [-0.3, -0.25) is 0 Å². The molecule has 0 spiro atoms. The first kappa shape index (κ1) is 13.0. The molecule has 3 unspecified atom stereocenters. The Morgan fingerprint density at radius 2 is 1.67 bits per heavy atom. The molecule has 2 N–H and O–H groups in total. The van der Waals surface area contributed by atoms with E-state index >= 15 is 0 Å². The number of ether oxygens (including phenoxy) is 3. The highest BCUT2D eigenvalue weighted by Crippen LogP contribution is 2.52. The van der Waals surface area contributed by atoms with Crippen molar-refractivity contribution in [2.45, 2.75) is 25.3 Å². The van der Waals surface area contributed by atoms with E-state index in [1.165, 1.54) is 5.56 Å². The van der Waals surface area contributed by atoms with Gasteiger partial charge in [-0.05, 0) is 42.9 Å². The zero-order chi connectivity index (χ0) is 13.3. The van der Waals surface area contributed by atoms with E-state index in [-0.39, 0.29) is 6.04 Å². The third-order valence-corrected chi connectivity index (χ3v) is 3.63. The molecule has 1 saturated carbocycles. The van der Waals surface area contributed by atoms with E-state index < -0.39 is 0 Å². The molecular formula is C14H21NO3. The molecule has 0 radical (unpaired) electrons. The van der Waals surface area contributed by atoms with E-state index in [9.17, 15) is 0 Å². The Morgan fingerprint density at radius 3 is 2.00 bits per heavy atom. The van der Waals surface area contributed by atoms with Crippen molar-refractivity contribution in [3.8, 4) is 17.2 Å². The quantitative estimate of drug-likeness (QED) is 0.871. The summed E-state index contributed by atoms with van der Waals surface area (Å²) in [5.41, 5.74) is 7.15. The van der Waals surface area contributed by atoms with Crippen LogP contribution in [0.3, 0.4) is 0 Å². The van der Waals surface area contributed by atoms with Gasteiger partial charge in [0.05, 0.1) is 21.3 Å². The molecule has 3 atom stereocenters. The van der Waals surface area contributed by atoms with Crippen LogP contribution in [0.25, 0.3) is 0 Å². The summed E-state index contributed by atoms with van der Waals surface area (Å²) >= 11 is 0. The van der Waals surface area contributed by atoms with Gasteiger partial charge in [0.15, 0.2) is 11.5 Å². The topological polar surface area (TPSA) is 53.7 Å². The summed E-state index contributed by atoms with van der Waals surface area (Å²) in [5, 5.41) is 0. The molecule has 2 rings (SSSR count). The van der Waals surface area contributed by atoms with Crippen LogP contribution in [0.15, 0.2) is 12.1 Å². The van der Waals surface area contributed by atoms with Crippen LogP contribution in [0.5, 0.6) is 17.2 Å². The van der Waals surface area contributed by atoms with Gasteiger partial charge in [-0.25, -0.2) is 0 Å². The van der Waals surface area contributed by atoms with Crippen LogP contribution in [0.1, 0.15) is 24.8 Å². The highest BCUT2D eigenvalue weighted by molar-refractivity contribution is 5.55. The predicted molar refractivity (Wildman–Crippen MR) is 70.6 cm³/mol. The van der Waals surface area contributed by atoms with Gasteiger partial charge in [0.2, 0.25) is 5.75 Å².